The van der Waals surface area contributed by atoms with Crippen LogP contribution in [0.3, 0.4) is 0 Å². The number of amides is 4. The van der Waals surface area contributed by atoms with E-state index in [4.69, 9.17) is 4.42 Å². The van der Waals surface area contributed by atoms with E-state index in [0.29, 0.717) is 18.1 Å². The first kappa shape index (κ1) is 18.1. The molecule has 8 heteroatoms. The molecule has 0 saturated carbocycles. The molecule has 2 aromatic rings. The fourth-order valence-corrected chi connectivity index (χ4v) is 3.44. The SMILES string of the molecule is CC1(c2ccco2)NC(=O)N(CC(=O)NCCSc2ccccc2)C1=O. The summed E-state index contributed by atoms with van der Waals surface area (Å²) in [5.41, 5.74) is -1.29. The highest BCUT2D eigenvalue weighted by molar-refractivity contribution is 7.99. The second kappa shape index (κ2) is 7.65. The van der Waals surface area contributed by atoms with Crippen LogP contribution in [0.25, 0.3) is 0 Å². The van der Waals surface area contributed by atoms with Gasteiger partial charge in [0, 0.05) is 17.2 Å². The van der Waals surface area contributed by atoms with Gasteiger partial charge in [0.15, 0.2) is 5.54 Å². The van der Waals surface area contributed by atoms with Crippen molar-refractivity contribution >= 4 is 29.6 Å². The van der Waals surface area contributed by atoms with Crippen molar-refractivity contribution in [2.45, 2.75) is 17.4 Å². The number of furan rings is 1. The van der Waals surface area contributed by atoms with Crippen molar-refractivity contribution in [3.8, 4) is 0 Å². The van der Waals surface area contributed by atoms with Crippen molar-refractivity contribution in [2.75, 3.05) is 18.8 Å². The number of nitrogens with one attached hydrogen (secondary N) is 2. The topological polar surface area (TPSA) is 91.7 Å². The van der Waals surface area contributed by atoms with Crippen LogP contribution in [-0.4, -0.2) is 41.6 Å². The molecule has 0 bridgehead atoms. The van der Waals surface area contributed by atoms with Crippen LogP contribution in [0, 0.1) is 0 Å². The second-order valence-electron chi connectivity index (χ2n) is 5.94. The monoisotopic (exact) mass is 373 g/mol. The van der Waals surface area contributed by atoms with Crippen LogP contribution in [-0.2, 0) is 15.1 Å². The van der Waals surface area contributed by atoms with Gasteiger partial charge in [-0.25, -0.2) is 4.79 Å². The lowest BCUT2D eigenvalue weighted by Crippen LogP contribution is -2.43. The molecule has 7 nitrogen and oxygen atoms in total. The lowest BCUT2D eigenvalue weighted by molar-refractivity contribution is -0.135. The number of nitrogens with zero attached hydrogens (tertiary/aromatic N) is 1. The third-order valence-corrected chi connectivity index (χ3v) is 5.04. The van der Waals surface area contributed by atoms with Gasteiger partial charge in [0.1, 0.15) is 12.3 Å². The summed E-state index contributed by atoms with van der Waals surface area (Å²) in [6, 6.07) is 12.5. The Kier molecular flexibility index (Phi) is 5.32. The third-order valence-electron chi connectivity index (χ3n) is 4.03. The van der Waals surface area contributed by atoms with E-state index >= 15 is 0 Å². The Morgan fingerprint density at radius 1 is 1.23 bits per heavy atom. The molecule has 1 aromatic heterocycles. The first-order valence-electron chi connectivity index (χ1n) is 8.13. The van der Waals surface area contributed by atoms with Gasteiger partial charge in [-0.05, 0) is 31.2 Å². The summed E-state index contributed by atoms with van der Waals surface area (Å²) < 4.78 is 5.25. The van der Waals surface area contributed by atoms with Crippen molar-refractivity contribution in [3.63, 3.8) is 0 Å². The summed E-state index contributed by atoms with van der Waals surface area (Å²) in [5, 5.41) is 5.31. The Balaban J connectivity index is 1.50. The largest absolute Gasteiger partial charge is 0.466 e. The maximum absolute atomic E-state index is 12.6. The summed E-state index contributed by atoms with van der Waals surface area (Å²) in [6.45, 7) is 1.68. The van der Waals surface area contributed by atoms with Crippen molar-refractivity contribution in [2.24, 2.45) is 0 Å². The fourth-order valence-electron chi connectivity index (χ4n) is 2.65. The van der Waals surface area contributed by atoms with Gasteiger partial charge in [0.25, 0.3) is 5.91 Å². The van der Waals surface area contributed by atoms with Gasteiger partial charge < -0.3 is 15.1 Å². The van der Waals surface area contributed by atoms with Crippen LogP contribution in [0.2, 0.25) is 0 Å². The highest BCUT2D eigenvalue weighted by atomic mass is 32.2. The van der Waals surface area contributed by atoms with Gasteiger partial charge in [-0.2, -0.15) is 0 Å². The maximum atomic E-state index is 12.6. The Labute approximate surface area is 155 Å². The second-order valence-corrected chi connectivity index (χ2v) is 7.10. The normalized spacial score (nSPS) is 19.5. The quantitative estimate of drug-likeness (QED) is 0.440. The molecule has 1 saturated heterocycles. The number of benzene rings is 1. The van der Waals surface area contributed by atoms with E-state index in [0.717, 1.165) is 9.80 Å². The third kappa shape index (κ3) is 3.75. The first-order valence-corrected chi connectivity index (χ1v) is 9.12. The van der Waals surface area contributed by atoms with Gasteiger partial charge in [-0.3, -0.25) is 14.5 Å². The number of hydrogen-bond acceptors (Lipinski definition) is 5. The molecular weight excluding hydrogens is 354 g/mol. The number of carbonyl (C=O) groups is 3. The summed E-state index contributed by atoms with van der Waals surface area (Å²) >= 11 is 1.62. The fraction of sp³-hybridized carbons (Fsp3) is 0.278. The van der Waals surface area contributed by atoms with Gasteiger partial charge >= 0.3 is 6.03 Å². The van der Waals surface area contributed by atoms with Crippen LogP contribution in [0.1, 0.15) is 12.7 Å². The van der Waals surface area contributed by atoms with E-state index < -0.39 is 17.5 Å². The predicted octanol–water partition coefficient (Wildman–Crippen LogP) is 1.96. The molecule has 4 amide bonds. The Morgan fingerprint density at radius 3 is 2.69 bits per heavy atom. The Hall–Kier alpha value is -2.74. The van der Waals surface area contributed by atoms with Crippen LogP contribution < -0.4 is 10.6 Å². The molecule has 26 heavy (non-hydrogen) atoms. The molecule has 1 atom stereocenters. The van der Waals surface area contributed by atoms with Gasteiger partial charge in [-0.1, -0.05) is 18.2 Å². The number of imide groups is 1. The standard InChI is InChI=1S/C18H19N3O4S/c1-18(14-8-5-10-25-14)16(23)21(17(24)20-18)12-15(22)19-9-11-26-13-6-3-2-4-7-13/h2-8,10H,9,11-12H2,1H3,(H,19,22)(H,20,24). The number of hydrogen-bond donors (Lipinski definition) is 2. The number of carbonyl (C=O) groups excluding carboxylic acids is 3. The Bertz CT molecular complexity index is 794. The molecule has 0 spiro atoms. The zero-order valence-electron chi connectivity index (χ0n) is 14.2. The lowest BCUT2D eigenvalue weighted by atomic mass is 9.99. The minimum absolute atomic E-state index is 0.322. The van der Waals surface area contributed by atoms with Gasteiger partial charge in [0.05, 0.1) is 6.26 Å². The van der Waals surface area contributed by atoms with Crippen LogP contribution in [0.4, 0.5) is 4.79 Å². The minimum Gasteiger partial charge on any atom is -0.466 e. The number of thioether (sulfide) groups is 1. The Morgan fingerprint density at radius 2 is 2.00 bits per heavy atom. The molecule has 136 valence electrons. The smallest absolute Gasteiger partial charge is 0.325 e. The molecule has 1 unspecified atom stereocenters. The van der Waals surface area contributed by atoms with Crippen molar-refractivity contribution < 1.29 is 18.8 Å². The van der Waals surface area contributed by atoms with E-state index in [1.54, 1.807) is 30.8 Å². The van der Waals surface area contributed by atoms with E-state index in [1.807, 2.05) is 30.3 Å². The zero-order valence-corrected chi connectivity index (χ0v) is 15.0. The summed E-state index contributed by atoms with van der Waals surface area (Å²) in [7, 11) is 0. The predicted molar refractivity (Wildman–Crippen MR) is 96.5 cm³/mol. The zero-order chi connectivity index (χ0) is 18.6. The van der Waals surface area contributed by atoms with E-state index in [1.165, 1.54) is 6.26 Å². The molecule has 0 radical (unpaired) electrons. The average molecular weight is 373 g/mol. The van der Waals surface area contributed by atoms with Crippen LogP contribution in [0.15, 0.2) is 58.0 Å². The highest BCUT2D eigenvalue weighted by Gasteiger charge is 2.51. The molecule has 3 rings (SSSR count). The average Bonchev–Trinajstić information content (AvgIpc) is 3.24. The van der Waals surface area contributed by atoms with Crippen molar-refractivity contribution in [1.29, 1.82) is 0 Å². The summed E-state index contributed by atoms with van der Waals surface area (Å²) in [4.78, 5) is 38.8. The molecule has 2 heterocycles. The molecular formula is C18H19N3O4S. The molecule has 1 aliphatic rings. The molecule has 0 aliphatic carbocycles. The molecule has 1 fully saturated rings. The summed E-state index contributed by atoms with van der Waals surface area (Å²) in [6.07, 6.45) is 1.43. The maximum Gasteiger partial charge on any atom is 0.325 e. The van der Waals surface area contributed by atoms with Gasteiger partial charge in [-0.15, -0.1) is 11.8 Å². The van der Waals surface area contributed by atoms with Crippen LogP contribution in [0.5, 0.6) is 0 Å². The van der Waals surface area contributed by atoms with Gasteiger partial charge in [0.2, 0.25) is 5.91 Å². The first-order chi connectivity index (χ1) is 12.5. The van der Waals surface area contributed by atoms with E-state index in [2.05, 4.69) is 10.6 Å². The minimum atomic E-state index is -1.29. The highest BCUT2D eigenvalue weighted by Crippen LogP contribution is 2.28. The van der Waals surface area contributed by atoms with E-state index in [-0.39, 0.29) is 12.5 Å². The molecule has 1 aliphatic heterocycles. The van der Waals surface area contributed by atoms with E-state index in [9.17, 15) is 14.4 Å². The number of urea groups is 1. The number of rotatable bonds is 7. The molecule has 2 N–H and O–H groups in total. The lowest BCUT2D eigenvalue weighted by Gasteiger charge is -2.18. The molecule has 1 aromatic carbocycles. The summed E-state index contributed by atoms with van der Waals surface area (Å²) in [5.74, 6) is 0.134. The van der Waals surface area contributed by atoms with Crippen LogP contribution >= 0.6 is 11.8 Å². The van der Waals surface area contributed by atoms with Crippen molar-refractivity contribution in [1.82, 2.24) is 15.5 Å². The van der Waals surface area contributed by atoms with Crippen molar-refractivity contribution in [3.05, 3.63) is 54.5 Å².